The number of benzene rings is 3. The second kappa shape index (κ2) is 10.0. The third-order valence-electron chi connectivity index (χ3n) is 4.82. The predicted molar refractivity (Wildman–Crippen MR) is 124 cm³/mol. The average Bonchev–Trinajstić information content (AvgIpc) is 3.31. The van der Waals surface area contributed by atoms with E-state index in [2.05, 4.69) is 20.5 Å². The van der Waals surface area contributed by atoms with E-state index >= 15 is 0 Å². The van der Waals surface area contributed by atoms with Gasteiger partial charge in [-0.15, -0.1) is 0 Å². The molecule has 172 valence electrons. The first-order valence-corrected chi connectivity index (χ1v) is 10.3. The Labute approximate surface area is 194 Å². The van der Waals surface area contributed by atoms with Crippen LogP contribution in [0.2, 0.25) is 0 Å². The van der Waals surface area contributed by atoms with Gasteiger partial charge in [-0.05, 0) is 48.0 Å². The number of nitrogens with zero attached hydrogens (tertiary/aromatic N) is 4. The lowest BCUT2D eigenvalue weighted by atomic mass is 10.1. The number of hydrogen-bond donors (Lipinski definition) is 1. The van der Waals surface area contributed by atoms with E-state index in [1.54, 1.807) is 0 Å². The minimum Gasteiger partial charge on any atom is -0.311 e. The molecule has 0 spiro atoms. The van der Waals surface area contributed by atoms with Gasteiger partial charge in [0.2, 0.25) is 0 Å². The highest BCUT2D eigenvalue weighted by molar-refractivity contribution is 5.84. The Morgan fingerprint density at radius 2 is 1.44 bits per heavy atom. The molecule has 0 aliphatic heterocycles. The van der Waals surface area contributed by atoms with Gasteiger partial charge in [-0.25, -0.2) is 5.43 Å². The molecule has 0 saturated carbocycles. The van der Waals surface area contributed by atoms with Crippen LogP contribution in [0.25, 0.3) is 0 Å². The van der Waals surface area contributed by atoms with Crippen LogP contribution in [0.1, 0.15) is 11.3 Å². The molecule has 3 aromatic carbocycles. The third-order valence-corrected chi connectivity index (χ3v) is 4.82. The predicted octanol–water partition coefficient (Wildman–Crippen LogP) is 5.52. The molecule has 4 aromatic rings. The molecule has 0 aliphatic rings. The maximum absolute atomic E-state index is 12.6. The lowest BCUT2D eigenvalue weighted by Gasteiger charge is -2.25. The minimum atomic E-state index is -4.55. The zero-order valence-electron chi connectivity index (χ0n) is 17.9. The van der Waals surface area contributed by atoms with Gasteiger partial charge >= 0.3 is 6.18 Å². The standard InChI is InChI=1S/C25H20F3N5O/c26-25(27,28)23-15-16-32(31-23)18-24(34)30-29-17-19-11-13-22(14-12-19)33(20-7-3-1-4-8-20)21-9-5-2-6-10-21/h1-17H,18H2,(H,30,34)/b29-17+. The van der Waals surface area contributed by atoms with Crippen LogP contribution >= 0.6 is 0 Å². The summed E-state index contributed by atoms with van der Waals surface area (Å²) in [5.74, 6) is -0.593. The van der Waals surface area contributed by atoms with Crippen LogP contribution in [0, 0.1) is 0 Å². The topological polar surface area (TPSA) is 62.5 Å². The highest BCUT2D eigenvalue weighted by Crippen LogP contribution is 2.33. The number of nitrogens with one attached hydrogen (secondary N) is 1. The maximum Gasteiger partial charge on any atom is 0.435 e. The van der Waals surface area contributed by atoms with E-state index in [9.17, 15) is 18.0 Å². The van der Waals surface area contributed by atoms with E-state index in [4.69, 9.17) is 0 Å². The van der Waals surface area contributed by atoms with Crippen molar-refractivity contribution in [1.82, 2.24) is 15.2 Å². The van der Waals surface area contributed by atoms with Gasteiger partial charge in [-0.2, -0.15) is 23.4 Å². The second-order valence-corrected chi connectivity index (χ2v) is 7.29. The summed E-state index contributed by atoms with van der Waals surface area (Å²) in [6.45, 7) is -0.379. The smallest absolute Gasteiger partial charge is 0.311 e. The fourth-order valence-corrected chi connectivity index (χ4v) is 3.27. The van der Waals surface area contributed by atoms with Crippen molar-refractivity contribution < 1.29 is 18.0 Å². The summed E-state index contributed by atoms with van der Waals surface area (Å²) in [7, 11) is 0. The molecular weight excluding hydrogens is 443 g/mol. The molecular formula is C25H20F3N5O. The fraction of sp³-hybridized carbons (Fsp3) is 0.0800. The number of anilines is 3. The molecule has 34 heavy (non-hydrogen) atoms. The summed E-state index contributed by atoms with van der Waals surface area (Å²) in [5, 5.41) is 7.22. The van der Waals surface area contributed by atoms with Gasteiger partial charge in [-0.1, -0.05) is 48.5 Å². The molecule has 1 heterocycles. The summed E-state index contributed by atoms with van der Waals surface area (Å²) < 4.78 is 38.7. The largest absolute Gasteiger partial charge is 0.435 e. The first-order valence-electron chi connectivity index (χ1n) is 10.3. The maximum atomic E-state index is 12.6. The normalized spacial score (nSPS) is 11.5. The number of para-hydroxylation sites is 2. The summed E-state index contributed by atoms with van der Waals surface area (Å²) >= 11 is 0. The van der Waals surface area contributed by atoms with E-state index in [-0.39, 0.29) is 6.54 Å². The van der Waals surface area contributed by atoms with Crippen molar-refractivity contribution in [3.05, 3.63) is 108 Å². The van der Waals surface area contributed by atoms with Crippen molar-refractivity contribution in [2.75, 3.05) is 4.90 Å². The summed E-state index contributed by atoms with van der Waals surface area (Å²) in [6.07, 6.45) is -2.00. The molecule has 0 fully saturated rings. The number of aromatic nitrogens is 2. The molecule has 0 saturated heterocycles. The number of hydrazone groups is 1. The number of carbonyl (C=O) groups excluding carboxylic acids is 1. The lowest BCUT2D eigenvalue weighted by molar-refractivity contribution is -0.141. The Kier molecular flexibility index (Phi) is 6.72. The van der Waals surface area contributed by atoms with Gasteiger partial charge in [0.15, 0.2) is 5.69 Å². The van der Waals surface area contributed by atoms with E-state index in [0.29, 0.717) is 0 Å². The number of carbonyl (C=O) groups is 1. The van der Waals surface area contributed by atoms with Crippen molar-refractivity contribution in [3.8, 4) is 0 Å². The highest BCUT2D eigenvalue weighted by atomic mass is 19.4. The number of halogens is 3. The number of rotatable bonds is 7. The van der Waals surface area contributed by atoms with E-state index in [1.807, 2.05) is 84.9 Å². The Bertz CT molecular complexity index is 1210. The van der Waals surface area contributed by atoms with Crippen LogP contribution in [-0.2, 0) is 17.5 Å². The van der Waals surface area contributed by atoms with Crippen molar-refractivity contribution >= 4 is 29.2 Å². The van der Waals surface area contributed by atoms with E-state index in [1.165, 1.54) is 6.21 Å². The number of hydrogen-bond acceptors (Lipinski definition) is 4. The summed E-state index contributed by atoms with van der Waals surface area (Å²) in [6, 6.07) is 28.3. The van der Waals surface area contributed by atoms with Gasteiger partial charge < -0.3 is 4.90 Å². The van der Waals surface area contributed by atoms with Crippen molar-refractivity contribution in [3.63, 3.8) is 0 Å². The highest BCUT2D eigenvalue weighted by Gasteiger charge is 2.33. The molecule has 0 aliphatic carbocycles. The first kappa shape index (κ1) is 22.8. The van der Waals surface area contributed by atoms with Gasteiger partial charge in [-0.3, -0.25) is 9.48 Å². The van der Waals surface area contributed by atoms with Crippen molar-refractivity contribution in [2.45, 2.75) is 12.7 Å². The zero-order chi connectivity index (χ0) is 24.0. The van der Waals surface area contributed by atoms with Gasteiger partial charge in [0.05, 0.1) is 6.21 Å². The monoisotopic (exact) mass is 463 g/mol. The molecule has 0 atom stereocenters. The van der Waals surface area contributed by atoms with Crippen molar-refractivity contribution in [1.29, 1.82) is 0 Å². The third kappa shape index (κ3) is 5.69. The molecule has 9 heteroatoms. The summed E-state index contributed by atoms with van der Waals surface area (Å²) in [4.78, 5) is 14.1. The Balaban J connectivity index is 1.41. The molecule has 1 N–H and O–H groups in total. The zero-order valence-corrected chi connectivity index (χ0v) is 17.9. The van der Waals surface area contributed by atoms with Gasteiger partial charge in [0.25, 0.3) is 5.91 Å². The van der Waals surface area contributed by atoms with Crippen LogP contribution in [0.15, 0.2) is 102 Å². The van der Waals surface area contributed by atoms with Crippen LogP contribution in [0.5, 0.6) is 0 Å². The minimum absolute atomic E-state index is 0.379. The fourth-order valence-electron chi connectivity index (χ4n) is 3.27. The molecule has 1 amide bonds. The molecule has 4 rings (SSSR count). The quantitative estimate of drug-likeness (QED) is 0.290. The van der Waals surface area contributed by atoms with Gasteiger partial charge in [0, 0.05) is 23.3 Å². The van der Waals surface area contributed by atoms with Crippen LogP contribution in [0.4, 0.5) is 30.2 Å². The SMILES string of the molecule is O=C(Cn1ccc(C(F)(F)F)n1)N/N=C/c1ccc(N(c2ccccc2)c2ccccc2)cc1. The van der Waals surface area contributed by atoms with Crippen LogP contribution in [-0.4, -0.2) is 21.9 Å². The van der Waals surface area contributed by atoms with E-state index in [0.717, 1.165) is 39.6 Å². The Morgan fingerprint density at radius 3 is 1.97 bits per heavy atom. The number of alkyl halides is 3. The Morgan fingerprint density at radius 1 is 0.882 bits per heavy atom. The molecule has 0 bridgehead atoms. The van der Waals surface area contributed by atoms with Crippen molar-refractivity contribution in [2.24, 2.45) is 5.10 Å². The number of amides is 1. The molecule has 0 unspecified atom stereocenters. The molecule has 6 nitrogen and oxygen atoms in total. The van der Waals surface area contributed by atoms with Crippen LogP contribution < -0.4 is 10.3 Å². The Hall–Kier alpha value is -4.40. The lowest BCUT2D eigenvalue weighted by Crippen LogP contribution is -2.23. The second-order valence-electron chi connectivity index (χ2n) is 7.29. The van der Waals surface area contributed by atoms with E-state index < -0.39 is 17.8 Å². The molecule has 1 aromatic heterocycles. The van der Waals surface area contributed by atoms with Gasteiger partial charge in [0.1, 0.15) is 6.54 Å². The first-order chi connectivity index (χ1) is 16.4. The van der Waals surface area contributed by atoms with Crippen LogP contribution in [0.3, 0.4) is 0 Å². The molecule has 0 radical (unpaired) electrons. The average molecular weight is 463 g/mol. The summed E-state index contributed by atoms with van der Waals surface area (Å²) in [5.41, 5.74) is 4.94.